The van der Waals surface area contributed by atoms with Gasteiger partial charge in [-0.05, 0) is 96.3 Å². The van der Waals surface area contributed by atoms with E-state index in [9.17, 15) is 14.4 Å². The molecular formula is C59H110O7S. The van der Waals surface area contributed by atoms with E-state index in [1.54, 1.807) is 0 Å². The number of carbonyl (C=O) groups is 3. The van der Waals surface area contributed by atoms with Crippen molar-refractivity contribution in [3.05, 3.63) is 36.5 Å². The standard InChI is InChI=1S/C57H104O6.C2H6OS/c1-4-7-10-13-16-19-22-25-28-31-34-37-40-43-46-49-55(58)61-52-54(63-57(60)51-48-45-42-39-36-33-30-27-24-21-18-15-12-9-6-3)53-62-56(59)50-47-44-41-38-35-32-29-26-23-20-17-14-11-8-5-2;3-1-2-4/h25-30,54H,4-24,31-53H2,1-3H3;3-4H,1-2H2/b28-25-,29-26-,30-27-;. The quantitative estimate of drug-likeness (QED) is 0.0206. The van der Waals surface area contributed by atoms with Gasteiger partial charge >= 0.3 is 17.9 Å². The molecule has 7 nitrogen and oxygen atoms in total. The van der Waals surface area contributed by atoms with Crippen LogP contribution in [0.2, 0.25) is 0 Å². The summed E-state index contributed by atoms with van der Waals surface area (Å²) >= 11 is 3.67. The fourth-order valence-corrected chi connectivity index (χ4v) is 7.90. The third kappa shape index (κ3) is 60.0. The van der Waals surface area contributed by atoms with Crippen molar-refractivity contribution in [2.24, 2.45) is 0 Å². The molecule has 0 aliphatic heterocycles. The van der Waals surface area contributed by atoms with Gasteiger partial charge in [0.15, 0.2) is 6.10 Å². The summed E-state index contributed by atoms with van der Waals surface area (Å²) in [5.74, 6) is -0.324. The Morgan fingerprint density at radius 1 is 0.373 bits per heavy atom. The molecule has 0 aromatic carbocycles. The predicted molar refractivity (Wildman–Crippen MR) is 291 cm³/mol. The molecule has 0 aromatic heterocycles. The number of thiol groups is 1. The van der Waals surface area contributed by atoms with Gasteiger partial charge in [0.1, 0.15) is 13.2 Å². The van der Waals surface area contributed by atoms with Crippen molar-refractivity contribution in [2.75, 3.05) is 25.6 Å². The van der Waals surface area contributed by atoms with Crippen LogP contribution in [0.5, 0.6) is 0 Å². The first-order valence-corrected chi connectivity index (χ1v) is 29.3. The molecule has 394 valence electrons. The van der Waals surface area contributed by atoms with Crippen molar-refractivity contribution in [1.29, 1.82) is 0 Å². The average Bonchev–Trinajstić information content (AvgIpc) is 3.33. The first-order valence-electron chi connectivity index (χ1n) is 28.6. The van der Waals surface area contributed by atoms with E-state index >= 15 is 0 Å². The monoisotopic (exact) mass is 963 g/mol. The maximum absolute atomic E-state index is 12.8. The van der Waals surface area contributed by atoms with Crippen molar-refractivity contribution >= 4 is 30.5 Å². The second-order valence-corrected chi connectivity index (χ2v) is 19.4. The minimum Gasteiger partial charge on any atom is -0.462 e. The highest BCUT2D eigenvalue weighted by Gasteiger charge is 2.19. The van der Waals surface area contributed by atoms with E-state index in [-0.39, 0.29) is 37.7 Å². The number of unbranched alkanes of at least 4 members (excludes halogenated alkanes) is 33. The molecule has 8 heteroatoms. The molecule has 67 heavy (non-hydrogen) atoms. The number of hydrogen-bond donors (Lipinski definition) is 2. The van der Waals surface area contributed by atoms with Crippen molar-refractivity contribution in [2.45, 2.75) is 297 Å². The number of ether oxygens (including phenoxy) is 3. The highest BCUT2D eigenvalue weighted by molar-refractivity contribution is 7.80. The summed E-state index contributed by atoms with van der Waals surface area (Å²) in [5, 5.41) is 7.80. The summed E-state index contributed by atoms with van der Waals surface area (Å²) < 4.78 is 16.8. The molecule has 0 spiro atoms. The van der Waals surface area contributed by atoms with E-state index in [1.165, 1.54) is 173 Å². The molecule has 0 bridgehead atoms. The third-order valence-corrected chi connectivity index (χ3v) is 12.4. The van der Waals surface area contributed by atoms with E-state index in [2.05, 4.69) is 69.9 Å². The zero-order valence-electron chi connectivity index (χ0n) is 44.4. The van der Waals surface area contributed by atoms with E-state index in [0.29, 0.717) is 25.0 Å². The van der Waals surface area contributed by atoms with E-state index in [1.807, 2.05) is 0 Å². The van der Waals surface area contributed by atoms with Crippen molar-refractivity contribution in [3.8, 4) is 0 Å². The zero-order valence-corrected chi connectivity index (χ0v) is 45.3. The van der Waals surface area contributed by atoms with Gasteiger partial charge in [0.25, 0.3) is 0 Å². The van der Waals surface area contributed by atoms with E-state index in [0.717, 1.165) is 77.0 Å². The predicted octanol–water partition coefficient (Wildman–Crippen LogP) is 18.0. The molecule has 0 saturated carbocycles. The van der Waals surface area contributed by atoms with Gasteiger partial charge in [-0.3, -0.25) is 14.4 Å². The maximum atomic E-state index is 12.8. The molecule has 0 amide bonds. The van der Waals surface area contributed by atoms with Crippen LogP contribution < -0.4 is 0 Å². The maximum Gasteiger partial charge on any atom is 0.306 e. The summed E-state index contributed by atoms with van der Waals surface area (Å²) in [6, 6.07) is 0. The smallest absolute Gasteiger partial charge is 0.306 e. The van der Waals surface area contributed by atoms with Gasteiger partial charge < -0.3 is 19.3 Å². The van der Waals surface area contributed by atoms with Crippen LogP contribution in [0.1, 0.15) is 290 Å². The molecule has 0 fully saturated rings. The fourth-order valence-electron chi connectivity index (χ4n) is 7.90. The van der Waals surface area contributed by atoms with Crippen LogP contribution in [0.15, 0.2) is 36.5 Å². The number of allylic oxidation sites excluding steroid dienone is 6. The average molecular weight is 964 g/mol. The number of aliphatic hydroxyl groups is 1. The Hall–Kier alpha value is -2.06. The normalized spacial score (nSPS) is 11.6. The van der Waals surface area contributed by atoms with Crippen molar-refractivity contribution < 1.29 is 33.7 Å². The van der Waals surface area contributed by atoms with Crippen LogP contribution in [0.25, 0.3) is 0 Å². The number of rotatable bonds is 51. The SMILES string of the molecule is CCCCCCCC/C=C\CCCCCCCC(=O)OCC(COC(=O)CCCCCCC/C=C\CCCCCCCC)OC(=O)CCCCCCC/C=C\CCCCCCCC.OCCS. The Labute approximate surface area is 421 Å². The Bertz CT molecular complexity index is 1050. The van der Waals surface area contributed by atoms with Gasteiger partial charge in [0.05, 0.1) is 6.61 Å². The van der Waals surface area contributed by atoms with Crippen molar-refractivity contribution in [3.63, 3.8) is 0 Å². The molecule has 0 rings (SSSR count). The number of hydrogen-bond acceptors (Lipinski definition) is 8. The van der Waals surface area contributed by atoms with Crippen LogP contribution in [0.3, 0.4) is 0 Å². The highest BCUT2D eigenvalue weighted by Crippen LogP contribution is 2.15. The van der Waals surface area contributed by atoms with Gasteiger partial charge in [-0.2, -0.15) is 12.6 Å². The van der Waals surface area contributed by atoms with Gasteiger partial charge in [-0.25, -0.2) is 0 Å². The summed E-state index contributed by atoms with van der Waals surface area (Å²) in [4.78, 5) is 38.0. The molecule has 1 N–H and O–H groups in total. The van der Waals surface area contributed by atoms with Crippen LogP contribution in [0, 0.1) is 0 Å². The lowest BCUT2D eigenvalue weighted by Gasteiger charge is -2.18. The topological polar surface area (TPSA) is 99.1 Å². The summed E-state index contributed by atoms with van der Waals surface area (Å²) in [7, 11) is 0. The first-order chi connectivity index (χ1) is 32.9. The lowest BCUT2D eigenvalue weighted by Crippen LogP contribution is -2.30. The second-order valence-electron chi connectivity index (χ2n) is 18.9. The molecule has 0 aromatic rings. The number of carbonyl (C=O) groups excluding carboxylic acids is 3. The minimum absolute atomic E-state index is 0.0806. The molecule has 0 radical (unpaired) electrons. The molecular weight excluding hydrogens is 853 g/mol. The summed E-state index contributed by atoms with van der Waals surface area (Å²) in [5.41, 5.74) is 0. The van der Waals surface area contributed by atoms with E-state index in [4.69, 9.17) is 19.3 Å². The third-order valence-electron chi connectivity index (χ3n) is 12.2. The van der Waals surface area contributed by atoms with Gasteiger partial charge in [0.2, 0.25) is 0 Å². The second kappa shape index (κ2) is 60.1. The van der Waals surface area contributed by atoms with Crippen LogP contribution in [-0.2, 0) is 28.6 Å². The Morgan fingerprint density at radius 2 is 0.597 bits per heavy atom. The van der Waals surface area contributed by atoms with Crippen LogP contribution >= 0.6 is 12.6 Å². The Kier molecular flexibility index (Phi) is 60.1. The van der Waals surface area contributed by atoms with Crippen LogP contribution in [0.4, 0.5) is 0 Å². The Balaban J connectivity index is 0. The molecule has 0 aliphatic rings. The van der Waals surface area contributed by atoms with E-state index < -0.39 is 6.10 Å². The minimum atomic E-state index is -0.781. The summed E-state index contributed by atoms with van der Waals surface area (Å²) in [6.45, 7) is 6.81. The largest absolute Gasteiger partial charge is 0.462 e. The number of aliphatic hydroxyl groups excluding tert-OH is 1. The zero-order chi connectivity index (χ0) is 49.2. The van der Waals surface area contributed by atoms with Gasteiger partial charge in [0, 0.05) is 25.0 Å². The van der Waals surface area contributed by atoms with Crippen LogP contribution in [-0.4, -0.2) is 54.7 Å². The van der Waals surface area contributed by atoms with Gasteiger partial charge in [-0.1, -0.05) is 211 Å². The first kappa shape index (κ1) is 67.0. The Morgan fingerprint density at radius 3 is 0.851 bits per heavy atom. The summed E-state index contributed by atoms with van der Waals surface area (Å²) in [6.07, 6.45) is 61.2. The number of esters is 3. The molecule has 0 unspecified atom stereocenters. The lowest BCUT2D eigenvalue weighted by atomic mass is 10.1. The molecule has 0 aliphatic carbocycles. The highest BCUT2D eigenvalue weighted by atomic mass is 32.1. The molecule has 0 atom stereocenters. The van der Waals surface area contributed by atoms with Crippen molar-refractivity contribution in [1.82, 2.24) is 0 Å². The molecule has 0 heterocycles. The fraction of sp³-hybridized carbons (Fsp3) is 0.847. The lowest BCUT2D eigenvalue weighted by molar-refractivity contribution is -0.167. The molecule has 0 saturated heterocycles. The van der Waals surface area contributed by atoms with Gasteiger partial charge in [-0.15, -0.1) is 0 Å².